The van der Waals surface area contributed by atoms with Gasteiger partial charge in [-0.3, -0.25) is 4.98 Å². The van der Waals surface area contributed by atoms with E-state index in [1.807, 2.05) is 0 Å². The Bertz CT molecular complexity index is 611. The molecule has 0 bridgehead atoms. The van der Waals surface area contributed by atoms with E-state index in [4.69, 9.17) is 17.3 Å². The van der Waals surface area contributed by atoms with Gasteiger partial charge in [0, 0.05) is 6.20 Å². The number of hydrogen-bond acceptors (Lipinski definition) is 2. The number of alkyl halides is 3. The number of nitrogens with zero attached hydrogens (tertiary/aromatic N) is 1. The van der Waals surface area contributed by atoms with Gasteiger partial charge in [-0.15, -0.1) is 0 Å². The minimum absolute atomic E-state index is 0.119. The fourth-order valence-corrected chi connectivity index (χ4v) is 1.81. The van der Waals surface area contributed by atoms with Gasteiger partial charge in [-0.25, -0.2) is 4.39 Å². The van der Waals surface area contributed by atoms with Gasteiger partial charge in [0.05, 0.1) is 22.3 Å². The summed E-state index contributed by atoms with van der Waals surface area (Å²) in [5.74, 6) is -1.34. The van der Waals surface area contributed by atoms with Crippen molar-refractivity contribution in [1.29, 1.82) is 0 Å². The first-order valence-electron chi connectivity index (χ1n) is 5.52. The molecule has 0 radical (unpaired) electrons. The molecule has 0 fully saturated rings. The molecule has 0 saturated carbocycles. The lowest BCUT2D eigenvalue weighted by molar-refractivity contribution is -0.140. The quantitative estimate of drug-likeness (QED) is 0.854. The lowest BCUT2D eigenvalue weighted by Crippen LogP contribution is -2.16. The molecule has 2 nitrogen and oxygen atoms in total. The highest BCUT2D eigenvalue weighted by Crippen LogP contribution is 2.33. The van der Waals surface area contributed by atoms with Crippen molar-refractivity contribution in [3.8, 4) is 0 Å². The Hall–Kier alpha value is -1.66. The third-order valence-corrected chi connectivity index (χ3v) is 2.95. The summed E-state index contributed by atoms with van der Waals surface area (Å²) in [5.41, 5.74) is 4.95. The molecule has 0 aliphatic carbocycles. The minimum Gasteiger partial charge on any atom is -0.319 e. The Morgan fingerprint density at radius 1 is 1.15 bits per heavy atom. The molecule has 2 rings (SSSR count). The van der Waals surface area contributed by atoms with E-state index in [0.717, 1.165) is 6.07 Å². The number of rotatable bonds is 2. The molecule has 7 heteroatoms. The summed E-state index contributed by atoms with van der Waals surface area (Å²) >= 11 is 5.67. The molecule has 1 heterocycles. The fraction of sp³-hybridized carbons (Fsp3) is 0.154. The Balaban J connectivity index is 2.40. The summed E-state index contributed by atoms with van der Waals surface area (Å²) in [7, 11) is 0. The summed E-state index contributed by atoms with van der Waals surface area (Å²) in [4.78, 5) is 3.94. The number of hydrogen-bond donors (Lipinski definition) is 1. The zero-order valence-corrected chi connectivity index (χ0v) is 10.7. The molecule has 20 heavy (non-hydrogen) atoms. The molecular weight excluding hydrogens is 296 g/mol. The van der Waals surface area contributed by atoms with Crippen LogP contribution in [0.25, 0.3) is 0 Å². The van der Waals surface area contributed by atoms with Gasteiger partial charge in [0.25, 0.3) is 0 Å². The van der Waals surface area contributed by atoms with Gasteiger partial charge < -0.3 is 5.73 Å². The SMILES string of the molecule is NC(c1ccc(F)c(C(F)(F)F)c1)c1ccc(Cl)cn1. The summed E-state index contributed by atoms with van der Waals surface area (Å²) in [5, 5.41) is 0.385. The summed E-state index contributed by atoms with van der Waals surface area (Å²) in [6.45, 7) is 0. The van der Waals surface area contributed by atoms with Crippen molar-refractivity contribution in [2.45, 2.75) is 12.2 Å². The number of nitrogens with two attached hydrogens (primary N) is 1. The normalized spacial score (nSPS) is 13.3. The number of aromatic nitrogens is 1. The van der Waals surface area contributed by atoms with Crippen molar-refractivity contribution >= 4 is 11.6 Å². The number of benzene rings is 1. The average molecular weight is 305 g/mol. The van der Waals surface area contributed by atoms with Crippen molar-refractivity contribution in [3.05, 3.63) is 64.2 Å². The first-order valence-corrected chi connectivity index (χ1v) is 5.90. The first-order chi connectivity index (χ1) is 9.29. The Morgan fingerprint density at radius 2 is 1.85 bits per heavy atom. The molecule has 1 aromatic carbocycles. The zero-order valence-electron chi connectivity index (χ0n) is 9.96. The van der Waals surface area contributed by atoms with E-state index in [1.165, 1.54) is 24.4 Å². The van der Waals surface area contributed by atoms with Crippen LogP contribution >= 0.6 is 11.6 Å². The standard InChI is InChI=1S/C13H9ClF4N2/c14-8-2-4-11(20-6-8)12(19)7-1-3-10(15)9(5-7)13(16,17)18/h1-6,12H,19H2. The van der Waals surface area contributed by atoms with E-state index >= 15 is 0 Å². The molecule has 1 atom stereocenters. The maximum Gasteiger partial charge on any atom is 0.419 e. The molecular formula is C13H9ClF4N2. The highest BCUT2D eigenvalue weighted by atomic mass is 35.5. The zero-order chi connectivity index (χ0) is 14.9. The number of halogens is 5. The molecule has 0 aliphatic heterocycles. The molecule has 2 aromatic rings. The van der Waals surface area contributed by atoms with E-state index in [1.54, 1.807) is 0 Å². The van der Waals surface area contributed by atoms with Crippen LogP contribution in [0.3, 0.4) is 0 Å². The molecule has 0 amide bonds. The predicted molar refractivity (Wildman–Crippen MR) is 66.7 cm³/mol. The van der Waals surface area contributed by atoms with Crippen LogP contribution in [-0.4, -0.2) is 4.98 Å². The van der Waals surface area contributed by atoms with Crippen molar-refractivity contribution in [3.63, 3.8) is 0 Å². The molecule has 2 N–H and O–H groups in total. The van der Waals surface area contributed by atoms with Crippen LogP contribution in [0.4, 0.5) is 17.6 Å². The van der Waals surface area contributed by atoms with E-state index in [0.29, 0.717) is 16.8 Å². The summed E-state index contributed by atoms with van der Waals surface area (Å²) < 4.78 is 51.1. The Kier molecular flexibility index (Phi) is 3.96. The predicted octanol–water partition coefficient (Wildman–Crippen LogP) is 3.94. The molecule has 106 valence electrons. The maximum absolute atomic E-state index is 13.2. The first kappa shape index (κ1) is 14.7. The van der Waals surface area contributed by atoms with Crippen LogP contribution in [0, 0.1) is 5.82 Å². The van der Waals surface area contributed by atoms with Gasteiger partial charge in [-0.2, -0.15) is 13.2 Å². The van der Waals surface area contributed by atoms with Crippen LogP contribution in [0.5, 0.6) is 0 Å². The second-order valence-corrected chi connectivity index (χ2v) is 4.55. The van der Waals surface area contributed by atoms with Crippen molar-refractivity contribution in [2.24, 2.45) is 5.73 Å². The molecule has 1 unspecified atom stereocenters. The summed E-state index contributed by atoms with van der Waals surface area (Å²) in [6, 6.07) is 4.77. The van der Waals surface area contributed by atoms with Crippen LogP contribution < -0.4 is 5.73 Å². The van der Waals surface area contributed by atoms with Gasteiger partial charge in [-0.1, -0.05) is 17.7 Å². The summed E-state index contributed by atoms with van der Waals surface area (Å²) in [6.07, 6.45) is -3.43. The molecule has 1 aromatic heterocycles. The van der Waals surface area contributed by atoms with Gasteiger partial charge in [0.2, 0.25) is 0 Å². The third kappa shape index (κ3) is 3.08. The van der Waals surface area contributed by atoms with E-state index in [-0.39, 0.29) is 5.56 Å². The van der Waals surface area contributed by atoms with Gasteiger partial charge in [0.15, 0.2) is 0 Å². The Morgan fingerprint density at radius 3 is 2.40 bits per heavy atom. The highest BCUT2D eigenvalue weighted by Gasteiger charge is 2.34. The van der Waals surface area contributed by atoms with E-state index in [9.17, 15) is 17.6 Å². The van der Waals surface area contributed by atoms with Gasteiger partial charge in [0.1, 0.15) is 5.82 Å². The third-order valence-electron chi connectivity index (χ3n) is 2.72. The largest absolute Gasteiger partial charge is 0.419 e. The van der Waals surface area contributed by atoms with Gasteiger partial charge >= 0.3 is 6.18 Å². The smallest absolute Gasteiger partial charge is 0.319 e. The van der Waals surface area contributed by atoms with E-state index < -0.39 is 23.6 Å². The fourth-order valence-electron chi connectivity index (χ4n) is 1.70. The average Bonchev–Trinajstić information content (AvgIpc) is 2.38. The second-order valence-electron chi connectivity index (χ2n) is 4.12. The van der Waals surface area contributed by atoms with Crippen molar-refractivity contribution in [2.75, 3.05) is 0 Å². The lowest BCUT2D eigenvalue weighted by Gasteiger charge is -2.15. The van der Waals surface area contributed by atoms with Gasteiger partial charge in [-0.05, 0) is 29.8 Å². The van der Waals surface area contributed by atoms with Crippen LogP contribution in [0.1, 0.15) is 22.9 Å². The lowest BCUT2D eigenvalue weighted by atomic mass is 10.0. The molecule has 0 saturated heterocycles. The molecule has 0 aliphatic rings. The van der Waals surface area contributed by atoms with Crippen LogP contribution in [0.2, 0.25) is 5.02 Å². The molecule has 0 spiro atoms. The van der Waals surface area contributed by atoms with Crippen molar-refractivity contribution < 1.29 is 17.6 Å². The van der Waals surface area contributed by atoms with Crippen LogP contribution in [-0.2, 0) is 6.18 Å². The topological polar surface area (TPSA) is 38.9 Å². The minimum atomic E-state index is -4.77. The monoisotopic (exact) mass is 304 g/mol. The number of pyridine rings is 1. The second kappa shape index (κ2) is 5.38. The maximum atomic E-state index is 13.2. The van der Waals surface area contributed by atoms with E-state index in [2.05, 4.69) is 4.98 Å². The van der Waals surface area contributed by atoms with Crippen molar-refractivity contribution in [1.82, 2.24) is 4.98 Å². The highest BCUT2D eigenvalue weighted by molar-refractivity contribution is 6.30. The van der Waals surface area contributed by atoms with Crippen LogP contribution in [0.15, 0.2) is 36.5 Å². The Labute approximate surface area is 117 Å².